The van der Waals surface area contributed by atoms with Crippen molar-refractivity contribution < 1.29 is 16.5 Å². The van der Waals surface area contributed by atoms with E-state index in [-0.39, 0.29) is 11.3 Å². The topological polar surface area (TPSA) is 56.3 Å². The van der Waals surface area contributed by atoms with Crippen LogP contribution in [0.15, 0.2) is 30.5 Å². The van der Waals surface area contributed by atoms with Crippen LogP contribution >= 0.6 is 11.6 Å². The van der Waals surface area contributed by atoms with Crippen molar-refractivity contribution in [2.24, 2.45) is 0 Å². The molecule has 2 aromatic rings. The molecule has 16 heavy (non-hydrogen) atoms. The van der Waals surface area contributed by atoms with Crippen LogP contribution in [0.25, 0.3) is 10.9 Å². The summed E-state index contributed by atoms with van der Waals surface area (Å²) in [4.78, 5) is 3.89. The zero-order valence-corrected chi connectivity index (χ0v) is 9.30. The van der Waals surface area contributed by atoms with Crippen LogP contribution in [0, 0.1) is 0 Å². The second-order valence-electron chi connectivity index (χ2n) is 2.92. The lowest BCUT2D eigenvalue weighted by molar-refractivity contribution is 0.442. The van der Waals surface area contributed by atoms with E-state index in [1.807, 2.05) is 0 Å². The highest BCUT2D eigenvalue weighted by Gasteiger charge is 2.14. The number of halogens is 2. The second kappa shape index (κ2) is 3.88. The molecule has 1 aromatic heterocycles. The van der Waals surface area contributed by atoms with Gasteiger partial charge in [0.1, 0.15) is 5.52 Å². The average Bonchev–Trinajstić information content (AvgIpc) is 2.21. The van der Waals surface area contributed by atoms with Crippen LogP contribution in [0.4, 0.5) is 3.89 Å². The van der Waals surface area contributed by atoms with Crippen LogP contribution < -0.4 is 4.18 Å². The molecule has 0 spiro atoms. The van der Waals surface area contributed by atoms with Gasteiger partial charge in [0, 0.05) is 11.6 Å². The Hall–Kier alpha value is -1.40. The number of benzene rings is 1. The number of pyridine rings is 1. The quantitative estimate of drug-likeness (QED) is 0.780. The summed E-state index contributed by atoms with van der Waals surface area (Å²) >= 11 is 5.86. The largest absolute Gasteiger partial charge is 0.488 e. The van der Waals surface area contributed by atoms with Crippen molar-refractivity contribution in [3.8, 4) is 5.75 Å². The summed E-state index contributed by atoms with van der Waals surface area (Å²) in [5.41, 5.74) is 0.191. The molecule has 0 saturated carbocycles. The van der Waals surface area contributed by atoms with Gasteiger partial charge in [-0.15, -0.1) is 0 Å². The van der Waals surface area contributed by atoms with Crippen molar-refractivity contribution in [1.82, 2.24) is 4.98 Å². The predicted molar refractivity (Wildman–Crippen MR) is 57.4 cm³/mol. The molecular formula is C9H5ClFNO3S. The fourth-order valence-electron chi connectivity index (χ4n) is 1.29. The van der Waals surface area contributed by atoms with Crippen molar-refractivity contribution >= 4 is 33.0 Å². The van der Waals surface area contributed by atoms with E-state index in [4.69, 9.17) is 11.6 Å². The molecule has 0 aliphatic heterocycles. The van der Waals surface area contributed by atoms with Crippen molar-refractivity contribution in [3.63, 3.8) is 0 Å². The van der Waals surface area contributed by atoms with Crippen molar-refractivity contribution in [2.45, 2.75) is 0 Å². The lowest BCUT2D eigenvalue weighted by Gasteiger charge is -2.04. The number of fused-ring (bicyclic) bond motifs is 1. The molecular weight excluding hydrogens is 257 g/mol. The van der Waals surface area contributed by atoms with E-state index >= 15 is 0 Å². The molecule has 1 heterocycles. The fraction of sp³-hybridized carbons (Fsp3) is 0. The van der Waals surface area contributed by atoms with Gasteiger partial charge in [0.2, 0.25) is 0 Å². The molecule has 0 radical (unpaired) electrons. The molecule has 7 heteroatoms. The predicted octanol–water partition coefficient (Wildman–Crippen LogP) is 2.48. The van der Waals surface area contributed by atoms with Crippen LogP contribution in [0.2, 0.25) is 5.02 Å². The summed E-state index contributed by atoms with van der Waals surface area (Å²) in [7, 11) is -5.06. The highest BCUT2D eigenvalue weighted by Crippen LogP contribution is 2.30. The molecule has 0 atom stereocenters. The zero-order valence-electron chi connectivity index (χ0n) is 7.72. The van der Waals surface area contributed by atoms with Gasteiger partial charge in [0.05, 0.1) is 5.02 Å². The highest BCUT2D eigenvalue weighted by molar-refractivity contribution is 7.81. The molecule has 0 N–H and O–H groups in total. The summed E-state index contributed by atoms with van der Waals surface area (Å²) in [6.45, 7) is 0. The lowest BCUT2D eigenvalue weighted by atomic mass is 10.2. The Morgan fingerprint density at radius 2 is 2.06 bits per heavy atom. The number of hydrogen-bond donors (Lipinski definition) is 0. The van der Waals surface area contributed by atoms with E-state index in [9.17, 15) is 12.3 Å². The molecule has 0 fully saturated rings. The van der Waals surface area contributed by atoms with Gasteiger partial charge in [-0.05, 0) is 24.3 Å². The Labute approximate surface area is 96.0 Å². The Balaban J connectivity index is 2.68. The van der Waals surface area contributed by atoms with Gasteiger partial charge in [0.25, 0.3) is 0 Å². The molecule has 0 bridgehead atoms. The van der Waals surface area contributed by atoms with Gasteiger partial charge in [-0.3, -0.25) is 4.98 Å². The van der Waals surface area contributed by atoms with Crippen LogP contribution in [0.1, 0.15) is 0 Å². The SMILES string of the molecule is O=S(=O)(F)Oc1ccc(Cl)c2cccnc12. The van der Waals surface area contributed by atoms with Gasteiger partial charge < -0.3 is 4.18 Å². The summed E-state index contributed by atoms with van der Waals surface area (Å²) in [5, 5.41) is 0.872. The van der Waals surface area contributed by atoms with E-state index in [0.29, 0.717) is 10.4 Å². The first-order valence-electron chi connectivity index (χ1n) is 4.15. The maximum Gasteiger partial charge on any atom is 0.488 e. The summed E-state index contributed by atoms with van der Waals surface area (Å²) in [6, 6.07) is 5.91. The molecule has 2 rings (SSSR count). The smallest absolute Gasteiger partial charge is 0.356 e. The summed E-state index contributed by atoms with van der Waals surface area (Å²) < 4.78 is 37.3. The Kier molecular flexibility index (Phi) is 2.69. The maximum atomic E-state index is 12.4. The molecule has 0 unspecified atom stereocenters. The second-order valence-corrected chi connectivity index (χ2v) is 4.28. The van der Waals surface area contributed by atoms with E-state index in [0.717, 1.165) is 0 Å². The highest BCUT2D eigenvalue weighted by atomic mass is 35.5. The van der Waals surface area contributed by atoms with E-state index in [1.165, 1.54) is 18.3 Å². The average molecular weight is 262 g/mol. The monoisotopic (exact) mass is 261 g/mol. The molecule has 0 saturated heterocycles. The van der Waals surface area contributed by atoms with E-state index in [1.54, 1.807) is 12.1 Å². The van der Waals surface area contributed by atoms with E-state index < -0.39 is 10.5 Å². The van der Waals surface area contributed by atoms with Crippen molar-refractivity contribution in [2.75, 3.05) is 0 Å². The maximum absolute atomic E-state index is 12.4. The Morgan fingerprint density at radius 3 is 2.75 bits per heavy atom. The Bertz CT molecular complexity index is 644. The van der Waals surface area contributed by atoms with Gasteiger partial charge >= 0.3 is 10.5 Å². The van der Waals surface area contributed by atoms with Gasteiger partial charge in [-0.2, -0.15) is 8.42 Å². The Morgan fingerprint density at radius 1 is 1.31 bits per heavy atom. The third-order valence-corrected chi connectivity index (χ3v) is 2.58. The number of rotatable bonds is 2. The third-order valence-electron chi connectivity index (χ3n) is 1.87. The number of aromatic nitrogens is 1. The molecule has 4 nitrogen and oxygen atoms in total. The first kappa shape index (κ1) is 11.1. The van der Waals surface area contributed by atoms with Crippen LogP contribution in [-0.2, 0) is 10.5 Å². The first-order chi connectivity index (χ1) is 7.47. The molecule has 84 valence electrons. The standard InChI is InChI=1S/C9H5ClFNO3S/c10-7-3-4-8(15-16(11,13)14)9-6(7)2-1-5-12-9/h1-5H. The van der Waals surface area contributed by atoms with Crippen LogP contribution in [0.3, 0.4) is 0 Å². The van der Waals surface area contributed by atoms with E-state index in [2.05, 4.69) is 9.17 Å². The first-order valence-corrected chi connectivity index (χ1v) is 5.83. The normalized spacial score (nSPS) is 11.6. The van der Waals surface area contributed by atoms with Gasteiger partial charge in [-0.25, -0.2) is 0 Å². The van der Waals surface area contributed by atoms with Crippen LogP contribution in [-0.4, -0.2) is 13.4 Å². The fourth-order valence-corrected chi connectivity index (χ4v) is 1.85. The number of hydrogen-bond acceptors (Lipinski definition) is 4. The molecule has 0 amide bonds. The molecule has 0 aliphatic carbocycles. The lowest BCUT2D eigenvalue weighted by Crippen LogP contribution is -2.02. The zero-order chi connectivity index (χ0) is 11.8. The summed E-state index contributed by atoms with van der Waals surface area (Å²) in [6.07, 6.45) is 1.43. The van der Waals surface area contributed by atoms with Gasteiger partial charge in [-0.1, -0.05) is 15.5 Å². The van der Waals surface area contributed by atoms with Crippen molar-refractivity contribution in [1.29, 1.82) is 0 Å². The number of nitrogens with zero attached hydrogens (tertiary/aromatic N) is 1. The molecule has 0 aliphatic rings. The van der Waals surface area contributed by atoms with Gasteiger partial charge in [0.15, 0.2) is 5.75 Å². The van der Waals surface area contributed by atoms with Crippen LogP contribution in [0.5, 0.6) is 5.75 Å². The third kappa shape index (κ3) is 2.23. The minimum atomic E-state index is -5.06. The minimum absolute atomic E-state index is 0.191. The molecule has 1 aromatic carbocycles. The van der Waals surface area contributed by atoms with Crippen molar-refractivity contribution in [3.05, 3.63) is 35.5 Å². The minimum Gasteiger partial charge on any atom is -0.356 e. The summed E-state index contributed by atoms with van der Waals surface area (Å²) in [5.74, 6) is -0.192.